The van der Waals surface area contributed by atoms with Crippen LogP contribution in [0, 0.1) is 0 Å². The van der Waals surface area contributed by atoms with Gasteiger partial charge in [-0.1, -0.05) is 19.1 Å². The number of nitrogens with one attached hydrogen (secondary N) is 1. The SMILES string of the molecule is CCCOc1ccccc1-c1ncnc(NCC)c1OC. The number of aromatic nitrogens is 2. The van der Waals surface area contributed by atoms with Gasteiger partial charge in [0.15, 0.2) is 11.6 Å². The first kappa shape index (κ1) is 15.1. The monoisotopic (exact) mass is 287 g/mol. The van der Waals surface area contributed by atoms with Crippen LogP contribution in [-0.2, 0) is 0 Å². The van der Waals surface area contributed by atoms with Gasteiger partial charge in [0.2, 0.25) is 0 Å². The maximum Gasteiger partial charge on any atom is 0.187 e. The number of benzene rings is 1. The van der Waals surface area contributed by atoms with E-state index in [2.05, 4.69) is 22.2 Å². The van der Waals surface area contributed by atoms with Crippen molar-refractivity contribution in [2.24, 2.45) is 0 Å². The van der Waals surface area contributed by atoms with Gasteiger partial charge in [0.1, 0.15) is 17.8 Å². The van der Waals surface area contributed by atoms with Crippen molar-refractivity contribution < 1.29 is 9.47 Å². The number of ether oxygens (including phenoxy) is 2. The van der Waals surface area contributed by atoms with Crippen LogP contribution in [0.3, 0.4) is 0 Å². The largest absolute Gasteiger partial charge is 0.493 e. The maximum atomic E-state index is 5.80. The van der Waals surface area contributed by atoms with Gasteiger partial charge in [-0.05, 0) is 25.5 Å². The Morgan fingerprint density at radius 1 is 1.14 bits per heavy atom. The maximum absolute atomic E-state index is 5.80. The fraction of sp³-hybridized carbons (Fsp3) is 0.375. The van der Waals surface area contributed by atoms with E-state index < -0.39 is 0 Å². The lowest BCUT2D eigenvalue weighted by Gasteiger charge is -2.15. The molecule has 112 valence electrons. The molecule has 5 heteroatoms. The van der Waals surface area contributed by atoms with Gasteiger partial charge in [0.05, 0.1) is 13.7 Å². The summed E-state index contributed by atoms with van der Waals surface area (Å²) in [5.41, 5.74) is 1.64. The molecule has 1 aromatic carbocycles. The summed E-state index contributed by atoms with van der Waals surface area (Å²) in [7, 11) is 1.62. The molecule has 0 unspecified atom stereocenters. The minimum absolute atomic E-state index is 0.631. The summed E-state index contributed by atoms with van der Waals surface area (Å²) in [5, 5.41) is 3.18. The van der Waals surface area contributed by atoms with Crippen LogP contribution in [0.4, 0.5) is 5.82 Å². The molecule has 2 aromatic rings. The van der Waals surface area contributed by atoms with E-state index in [-0.39, 0.29) is 0 Å². The third-order valence-corrected chi connectivity index (χ3v) is 2.96. The van der Waals surface area contributed by atoms with Crippen molar-refractivity contribution in [3.63, 3.8) is 0 Å². The summed E-state index contributed by atoms with van der Waals surface area (Å²) in [4.78, 5) is 8.60. The standard InChI is InChI=1S/C16H21N3O2/c1-4-10-21-13-9-7-6-8-12(13)14-15(20-3)16(17-5-2)19-11-18-14/h6-9,11H,4-5,10H2,1-3H3,(H,17,18,19). The van der Waals surface area contributed by atoms with Crippen molar-refractivity contribution in [3.8, 4) is 22.8 Å². The minimum atomic E-state index is 0.631. The topological polar surface area (TPSA) is 56.3 Å². The zero-order valence-corrected chi connectivity index (χ0v) is 12.7. The minimum Gasteiger partial charge on any atom is -0.493 e. The molecule has 0 aliphatic rings. The number of methoxy groups -OCH3 is 1. The average Bonchev–Trinajstić information content (AvgIpc) is 2.53. The van der Waals surface area contributed by atoms with Crippen LogP contribution < -0.4 is 14.8 Å². The smallest absolute Gasteiger partial charge is 0.187 e. The van der Waals surface area contributed by atoms with Gasteiger partial charge < -0.3 is 14.8 Å². The molecule has 1 N–H and O–H groups in total. The van der Waals surface area contributed by atoms with Crippen LogP contribution >= 0.6 is 0 Å². The Kier molecular flexibility index (Phi) is 5.37. The second-order valence-electron chi connectivity index (χ2n) is 4.48. The summed E-state index contributed by atoms with van der Waals surface area (Å²) in [6, 6.07) is 7.83. The van der Waals surface area contributed by atoms with Gasteiger partial charge in [0.25, 0.3) is 0 Å². The van der Waals surface area contributed by atoms with Crippen molar-refractivity contribution in [3.05, 3.63) is 30.6 Å². The highest BCUT2D eigenvalue weighted by atomic mass is 16.5. The van der Waals surface area contributed by atoms with E-state index in [0.29, 0.717) is 18.2 Å². The fourth-order valence-corrected chi connectivity index (χ4v) is 2.05. The first-order valence-electron chi connectivity index (χ1n) is 7.16. The summed E-state index contributed by atoms with van der Waals surface area (Å²) in [6.45, 7) is 5.53. The van der Waals surface area contributed by atoms with Crippen LogP contribution in [0.25, 0.3) is 11.3 Å². The van der Waals surface area contributed by atoms with Gasteiger partial charge >= 0.3 is 0 Å². The fourth-order valence-electron chi connectivity index (χ4n) is 2.05. The molecule has 1 aromatic heterocycles. The third-order valence-electron chi connectivity index (χ3n) is 2.96. The summed E-state index contributed by atoms with van der Waals surface area (Å²) < 4.78 is 11.3. The number of anilines is 1. The zero-order valence-electron chi connectivity index (χ0n) is 12.7. The molecule has 0 spiro atoms. The van der Waals surface area contributed by atoms with Crippen molar-refractivity contribution >= 4 is 5.82 Å². The molecule has 0 atom stereocenters. The summed E-state index contributed by atoms with van der Waals surface area (Å²) >= 11 is 0. The van der Waals surface area contributed by atoms with Crippen LogP contribution in [0.15, 0.2) is 30.6 Å². The number of hydrogen-bond acceptors (Lipinski definition) is 5. The number of nitrogens with zero attached hydrogens (tertiary/aromatic N) is 2. The Hall–Kier alpha value is -2.30. The molecular formula is C16H21N3O2. The van der Waals surface area contributed by atoms with Crippen molar-refractivity contribution in [2.45, 2.75) is 20.3 Å². The van der Waals surface area contributed by atoms with Crippen LogP contribution in [-0.4, -0.2) is 30.2 Å². The highest BCUT2D eigenvalue weighted by Gasteiger charge is 2.16. The molecule has 0 radical (unpaired) electrons. The highest BCUT2D eigenvalue weighted by Crippen LogP contribution is 2.37. The Morgan fingerprint density at radius 2 is 1.95 bits per heavy atom. The molecule has 2 rings (SSSR count). The first-order valence-corrected chi connectivity index (χ1v) is 7.16. The van der Waals surface area contributed by atoms with E-state index in [1.165, 1.54) is 6.33 Å². The molecule has 0 aliphatic carbocycles. The second-order valence-corrected chi connectivity index (χ2v) is 4.48. The molecule has 21 heavy (non-hydrogen) atoms. The van der Waals surface area contributed by atoms with Gasteiger partial charge in [0, 0.05) is 12.1 Å². The Labute approximate surface area is 125 Å². The van der Waals surface area contributed by atoms with Crippen LogP contribution in [0.2, 0.25) is 0 Å². The molecule has 0 bridgehead atoms. The molecule has 1 heterocycles. The zero-order chi connectivity index (χ0) is 15.1. The lowest BCUT2D eigenvalue weighted by atomic mass is 10.1. The summed E-state index contributed by atoms with van der Waals surface area (Å²) in [6.07, 6.45) is 2.49. The van der Waals surface area contributed by atoms with Gasteiger partial charge in [-0.2, -0.15) is 0 Å². The Balaban J connectivity index is 2.48. The molecular weight excluding hydrogens is 266 g/mol. The average molecular weight is 287 g/mol. The van der Waals surface area contributed by atoms with Gasteiger partial charge in [-0.25, -0.2) is 9.97 Å². The molecule has 0 saturated carbocycles. The van der Waals surface area contributed by atoms with E-state index in [4.69, 9.17) is 9.47 Å². The quantitative estimate of drug-likeness (QED) is 0.846. The summed E-state index contributed by atoms with van der Waals surface area (Å²) in [5.74, 6) is 2.13. The number of rotatable bonds is 7. The van der Waals surface area contributed by atoms with E-state index >= 15 is 0 Å². The Bertz CT molecular complexity index is 587. The van der Waals surface area contributed by atoms with E-state index in [1.54, 1.807) is 7.11 Å². The molecule has 0 fully saturated rings. The highest BCUT2D eigenvalue weighted by molar-refractivity contribution is 5.76. The predicted octanol–water partition coefficient (Wildman–Crippen LogP) is 3.37. The predicted molar refractivity (Wildman–Crippen MR) is 84.0 cm³/mol. The van der Waals surface area contributed by atoms with Crippen molar-refractivity contribution in [1.82, 2.24) is 9.97 Å². The normalized spacial score (nSPS) is 10.2. The van der Waals surface area contributed by atoms with Crippen LogP contribution in [0.5, 0.6) is 11.5 Å². The van der Waals surface area contributed by atoms with E-state index in [0.717, 1.165) is 30.0 Å². The molecule has 0 amide bonds. The first-order chi connectivity index (χ1) is 10.3. The van der Waals surface area contributed by atoms with Crippen LogP contribution in [0.1, 0.15) is 20.3 Å². The van der Waals surface area contributed by atoms with Crippen molar-refractivity contribution in [2.75, 3.05) is 25.6 Å². The molecule has 0 saturated heterocycles. The Morgan fingerprint density at radius 3 is 2.67 bits per heavy atom. The van der Waals surface area contributed by atoms with E-state index in [9.17, 15) is 0 Å². The lowest BCUT2D eigenvalue weighted by molar-refractivity contribution is 0.318. The second kappa shape index (κ2) is 7.47. The van der Waals surface area contributed by atoms with Gasteiger partial charge in [-0.15, -0.1) is 0 Å². The number of hydrogen-bond donors (Lipinski definition) is 1. The number of para-hydroxylation sites is 1. The molecule has 5 nitrogen and oxygen atoms in total. The third kappa shape index (κ3) is 3.42. The molecule has 0 aliphatic heterocycles. The van der Waals surface area contributed by atoms with E-state index in [1.807, 2.05) is 31.2 Å². The van der Waals surface area contributed by atoms with Crippen molar-refractivity contribution in [1.29, 1.82) is 0 Å². The van der Waals surface area contributed by atoms with Gasteiger partial charge in [-0.3, -0.25) is 0 Å². The lowest BCUT2D eigenvalue weighted by Crippen LogP contribution is -2.05.